The van der Waals surface area contributed by atoms with Crippen LogP contribution >= 0.6 is 0 Å². The molecule has 0 aliphatic carbocycles. The molecule has 1 aromatic carbocycles. The first-order chi connectivity index (χ1) is 8.65. The molecule has 0 fully saturated rings. The van der Waals surface area contributed by atoms with E-state index in [4.69, 9.17) is 15.7 Å². The minimum atomic E-state index is -0.104. The van der Waals surface area contributed by atoms with Crippen molar-refractivity contribution >= 4 is 5.69 Å². The Morgan fingerprint density at radius 3 is 2.72 bits per heavy atom. The van der Waals surface area contributed by atoms with Crippen LogP contribution < -0.4 is 15.4 Å². The van der Waals surface area contributed by atoms with Gasteiger partial charge in [-0.05, 0) is 26.0 Å². The van der Waals surface area contributed by atoms with E-state index in [2.05, 4.69) is 17.9 Å². The summed E-state index contributed by atoms with van der Waals surface area (Å²) in [5.41, 5.74) is 8.10. The molecule has 0 spiro atoms. The predicted octanol–water partition coefficient (Wildman–Crippen LogP) is 2.45. The molecule has 0 aliphatic rings. The fraction of sp³-hybridized carbons (Fsp3) is 0.500. The van der Waals surface area contributed by atoms with Crippen LogP contribution in [-0.2, 0) is 0 Å². The summed E-state index contributed by atoms with van der Waals surface area (Å²) < 4.78 is 5.37. The molecule has 0 bridgehead atoms. The fourth-order valence-electron chi connectivity index (χ4n) is 2.08. The number of anilines is 1. The van der Waals surface area contributed by atoms with Gasteiger partial charge in [0.05, 0.1) is 19.6 Å². The average molecular weight is 247 g/mol. The molecule has 0 saturated carbocycles. The third-order valence-electron chi connectivity index (χ3n) is 2.93. The second kappa shape index (κ2) is 6.87. The Bertz CT molecular complexity index is 424. The van der Waals surface area contributed by atoms with Crippen LogP contribution in [-0.4, -0.2) is 20.2 Å². The van der Waals surface area contributed by atoms with E-state index in [0.717, 1.165) is 23.5 Å². The number of nitriles is 1. The van der Waals surface area contributed by atoms with Gasteiger partial charge in [-0.15, -0.1) is 0 Å². The molecule has 0 amide bonds. The third kappa shape index (κ3) is 3.14. The van der Waals surface area contributed by atoms with Crippen LogP contribution in [0.25, 0.3) is 0 Å². The van der Waals surface area contributed by atoms with Gasteiger partial charge in [-0.3, -0.25) is 0 Å². The minimum absolute atomic E-state index is 0.104. The number of nitrogens with zero attached hydrogens (tertiary/aromatic N) is 2. The van der Waals surface area contributed by atoms with Crippen molar-refractivity contribution in [2.45, 2.75) is 26.3 Å². The van der Waals surface area contributed by atoms with Crippen molar-refractivity contribution in [3.8, 4) is 11.8 Å². The maximum atomic E-state index is 8.71. The van der Waals surface area contributed by atoms with Gasteiger partial charge >= 0.3 is 0 Å². The Hall–Kier alpha value is -1.73. The second-order valence-electron chi connectivity index (χ2n) is 4.17. The smallest absolute Gasteiger partial charge is 0.125 e. The van der Waals surface area contributed by atoms with Crippen LogP contribution in [0.15, 0.2) is 18.2 Å². The molecule has 4 nitrogen and oxygen atoms in total. The molecular weight excluding hydrogens is 226 g/mol. The van der Waals surface area contributed by atoms with Gasteiger partial charge in [0.25, 0.3) is 0 Å². The number of benzene rings is 1. The molecule has 1 atom stereocenters. The van der Waals surface area contributed by atoms with Crippen LogP contribution in [0.4, 0.5) is 5.69 Å². The third-order valence-corrected chi connectivity index (χ3v) is 2.93. The topological polar surface area (TPSA) is 62.3 Å². The van der Waals surface area contributed by atoms with Crippen LogP contribution in [0.5, 0.6) is 5.75 Å². The molecule has 0 heterocycles. The van der Waals surface area contributed by atoms with Gasteiger partial charge in [-0.1, -0.05) is 6.07 Å². The fourth-order valence-corrected chi connectivity index (χ4v) is 2.08. The van der Waals surface area contributed by atoms with Gasteiger partial charge < -0.3 is 15.4 Å². The number of hydrogen-bond donors (Lipinski definition) is 1. The number of nitrogens with two attached hydrogens (primary N) is 1. The Morgan fingerprint density at radius 2 is 2.22 bits per heavy atom. The Kier molecular flexibility index (Phi) is 5.47. The van der Waals surface area contributed by atoms with E-state index < -0.39 is 0 Å². The van der Waals surface area contributed by atoms with Crippen LogP contribution in [0.1, 0.15) is 31.9 Å². The Labute approximate surface area is 109 Å². The zero-order valence-corrected chi connectivity index (χ0v) is 11.3. The van der Waals surface area contributed by atoms with Gasteiger partial charge in [0, 0.05) is 30.4 Å². The highest BCUT2D eigenvalue weighted by atomic mass is 16.5. The first-order valence-corrected chi connectivity index (χ1v) is 6.20. The zero-order valence-electron chi connectivity index (χ0n) is 11.3. The van der Waals surface area contributed by atoms with Crippen LogP contribution in [0.3, 0.4) is 0 Å². The summed E-state index contributed by atoms with van der Waals surface area (Å²) in [7, 11) is 1.65. The molecule has 0 aromatic heterocycles. The molecule has 2 N–H and O–H groups in total. The van der Waals surface area contributed by atoms with Crippen molar-refractivity contribution in [3.05, 3.63) is 23.8 Å². The summed E-state index contributed by atoms with van der Waals surface area (Å²) in [6, 6.07) is 7.97. The maximum Gasteiger partial charge on any atom is 0.125 e. The normalized spacial score (nSPS) is 11.7. The molecule has 1 rings (SSSR count). The number of methoxy groups -OCH3 is 1. The lowest BCUT2D eigenvalue weighted by Gasteiger charge is -2.27. The Balaban J connectivity index is 3.17. The zero-order chi connectivity index (χ0) is 13.5. The predicted molar refractivity (Wildman–Crippen MR) is 73.7 cm³/mol. The van der Waals surface area contributed by atoms with Gasteiger partial charge in [0.15, 0.2) is 0 Å². The largest absolute Gasteiger partial charge is 0.496 e. The van der Waals surface area contributed by atoms with E-state index in [-0.39, 0.29) is 6.04 Å². The molecular formula is C14H21N3O. The lowest BCUT2D eigenvalue weighted by Crippen LogP contribution is -2.26. The summed E-state index contributed by atoms with van der Waals surface area (Å²) in [4.78, 5) is 2.16. The first-order valence-electron chi connectivity index (χ1n) is 6.20. The maximum absolute atomic E-state index is 8.71. The van der Waals surface area contributed by atoms with Gasteiger partial charge in [-0.25, -0.2) is 0 Å². The van der Waals surface area contributed by atoms with Gasteiger partial charge in [-0.2, -0.15) is 5.26 Å². The monoisotopic (exact) mass is 247 g/mol. The SMILES string of the molecule is CCN(CCC#N)c1cccc(OC)c1C(C)N. The standard InChI is InChI=1S/C14H21N3O/c1-4-17(10-6-9-15)12-7-5-8-13(18-3)14(12)11(2)16/h5,7-8,11H,4,6,10,16H2,1-3H3. The number of ether oxygens (including phenoxy) is 1. The molecule has 0 aliphatic heterocycles. The van der Waals surface area contributed by atoms with Crippen LogP contribution in [0.2, 0.25) is 0 Å². The molecule has 18 heavy (non-hydrogen) atoms. The summed E-state index contributed by atoms with van der Waals surface area (Å²) in [6.45, 7) is 5.57. The lowest BCUT2D eigenvalue weighted by molar-refractivity contribution is 0.407. The van der Waals surface area contributed by atoms with E-state index >= 15 is 0 Å². The molecule has 4 heteroatoms. The van der Waals surface area contributed by atoms with Crippen LogP contribution in [0, 0.1) is 11.3 Å². The molecule has 1 unspecified atom stereocenters. The number of rotatable bonds is 6. The van der Waals surface area contributed by atoms with E-state index in [1.54, 1.807) is 7.11 Å². The minimum Gasteiger partial charge on any atom is -0.496 e. The highest BCUT2D eigenvalue weighted by Crippen LogP contribution is 2.33. The van der Waals surface area contributed by atoms with Crippen molar-refractivity contribution in [1.82, 2.24) is 0 Å². The van der Waals surface area contributed by atoms with Crippen molar-refractivity contribution < 1.29 is 4.74 Å². The van der Waals surface area contributed by atoms with E-state index in [9.17, 15) is 0 Å². The highest BCUT2D eigenvalue weighted by Gasteiger charge is 2.16. The summed E-state index contributed by atoms with van der Waals surface area (Å²) in [6.07, 6.45) is 0.503. The summed E-state index contributed by atoms with van der Waals surface area (Å²) >= 11 is 0. The molecule has 98 valence electrons. The van der Waals surface area contributed by atoms with E-state index in [0.29, 0.717) is 13.0 Å². The second-order valence-corrected chi connectivity index (χ2v) is 4.17. The highest BCUT2D eigenvalue weighted by molar-refractivity contribution is 5.60. The summed E-state index contributed by atoms with van der Waals surface area (Å²) in [5, 5.41) is 8.71. The van der Waals surface area contributed by atoms with Crippen molar-refractivity contribution in [2.75, 3.05) is 25.1 Å². The van der Waals surface area contributed by atoms with E-state index in [1.165, 1.54) is 0 Å². The Morgan fingerprint density at radius 1 is 1.50 bits per heavy atom. The first kappa shape index (κ1) is 14.3. The van der Waals surface area contributed by atoms with Gasteiger partial charge in [0.2, 0.25) is 0 Å². The molecule has 1 aromatic rings. The van der Waals surface area contributed by atoms with Crippen molar-refractivity contribution in [2.24, 2.45) is 5.73 Å². The lowest BCUT2D eigenvalue weighted by atomic mass is 10.0. The summed E-state index contributed by atoms with van der Waals surface area (Å²) in [5.74, 6) is 0.804. The number of hydrogen-bond acceptors (Lipinski definition) is 4. The van der Waals surface area contributed by atoms with E-state index in [1.807, 2.05) is 25.1 Å². The molecule has 0 radical (unpaired) electrons. The van der Waals surface area contributed by atoms with Gasteiger partial charge in [0.1, 0.15) is 5.75 Å². The van der Waals surface area contributed by atoms with Crippen molar-refractivity contribution in [1.29, 1.82) is 5.26 Å². The average Bonchev–Trinajstić information content (AvgIpc) is 2.38. The quantitative estimate of drug-likeness (QED) is 0.838. The van der Waals surface area contributed by atoms with Crippen molar-refractivity contribution in [3.63, 3.8) is 0 Å². The molecule has 0 saturated heterocycles.